The molecule has 0 unspecified atom stereocenters. The van der Waals surface area contributed by atoms with Gasteiger partial charge in [0, 0.05) is 6.20 Å². The molecule has 0 aliphatic carbocycles. The Labute approximate surface area is 121 Å². The fourth-order valence-corrected chi connectivity index (χ4v) is 2.45. The molecule has 0 aliphatic heterocycles. The summed E-state index contributed by atoms with van der Waals surface area (Å²) in [7, 11) is 1.55. The van der Waals surface area contributed by atoms with Gasteiger partial charge in [-0.05, 0) is 30.0 Å². The lowest BCUT2D eigenvalue weighted by Gasteiger charge is -2.11. The second-order valence-electron chi connectivity index (χ2n) is 3.99. The predicted molar refractivity (Wildman–Crippen MR) is 81.1 cm³/mol. The van der Waals surface area contributed by atoms with E-state index in [0.29, 0.717) is 17.2 Å². The van der Waals surface area contributed by atoms with Crippen molar-refractivity contribution in [1.82, 2.24) is 4.57 Å². The van der Waals surface area contributed by atoms with Gasteiger partial charge in [0.15, 0.2) is 0 Å². The molecule has 1 aromatic heterocycles. The number of methoxy groups -OCH3 is 1. The Kier molecular flexibility index (Phi) is 4.63. The van der Waals surface area contributed by atoms with Crippen LogP contribution in [0.4, 0.5) is 0 Å². The SMILES string of the molecule is CCSC(=O)c1cccn(-c2ccccc2OC)c1=O. The maximum absolute atomic E-state index is 12.4. The zero-order chi connectivity index (χ0) is 14.5. The van der Waals surface area contributed by atoms with Crippen molar-refractivity contribution in [1.29, 1.82) is 0 Å². The molecule has 0 N–H and O–H groups in total. The zero-order valence-corrected chi connectivity index (χ0v) is 12.1. The number of ether oxygens (including phenoxy) is 1. The van der Waals surface area contributed by atoms with Gasteiger partial charge in [-0.3, -0.25) is 14.2 Å². The number of hydrogen-bond acceptors (Lipinski definition) is 4. The molecule has 5 heteroatoms. The number of rotatable bonds is 4. The van der Waals surface area contributed by atoms with E-state index in [0.717, 1.165) is 11.8 Å². The number of para-hydroxylation sites is 2. The number of nitrogens with zero attached hydrogens (tertiary/aromatic N) is 1. The van der Waals surface area contributed by atoms with Crippen LogP contribution in [-0.4, -0.2) is 22.5 Å². The molecule has 20 heavy (non-hydrogen) atoms. The lowest BCUT2D eigenvalue weighted by Crippen LogP contribution is -2.23. The van der Waals surface area contributed by atoms with Gasteiger partial charge in [-0.15, -0.1) is 0 Å². The van der Waals surface area contributed by atoms with E-state index in [1.54, 1.807) is 37.6 Å². The van der Waals surface area contributed by atoms with Gasteiger partial charge in [0.2, 0.25) is 5.12 Å². The molecule has 1 heterocycles. The number of thioether (sulfide) groups is 1. The molecule has 1 aromatic carbocycles. The quantitative estimate of drug-likeness (QED) is 0.868. The molecular weight excluding hydrogens is 274 g/mol. The Balaban J connectivity index is 2.56. The van der Waals surface area contributed by atoms with Crippen LogP contribution in [-0.2, 0) is 0 Å². The van der Waals surface area contributed by atoms with E-state index in [4.69, 9.17) is 4.74 Å². The van der Waals surface area contributed by atoms with E-state index < -0.39 is 0 Å². The highest BCUT2D eigenvalue weighted by atomic mass is 32.2. The molecule has 0 bridgehead atoms. The molecular formula is C15H15NO3S. The predicted octanol–water partition coefficient (Wildman–Crippen LogP) is 2.74. The summed E-state index contributed by atoms with van der Waals surface area (Å²) in [6.07, 6.45) is 1.63. The van der Waals surface area contributed by atoms with Gasteiger partial charge < -0.3 is 4.74 Å². The summed E-state index contributed by atoms with van der Waals surface area (Å²) in [5.41, 5.74) is 0.476. The molecule has 0 saturated heterocycles. The highest BCUT2D eigenvalue weighted by Crippen LogP contribution is 2.20. The van der Waals surface area contributed by atoms with E-state index in [1.807, 2.05) is 19.1 Å². The van der Waals surface area contributed by atoms with Crippen molar-refractivity contribution in [2.24, 2.45) is 0 Å². The molecule has 0 fully saturated rings. The summed E-state index contributed by atoms with van der Waals surface area (Å²) < 4.78 is 6.69. The number of aromatic nitrogens is 1. The monoisotopic (exact) mass is 289 g/mol. The Bertz CT molecular complexity index is 679. The molecule has 4 nitrogen and oxygen atoms in total. The number of carbonyl (C=O) groups excluding carboxylic acids is 1. The Morgan fingerprint density at radius 1 is 1.25 bits per heavy atom. The molecule has 0 amide bonds. The van der Waals surface area contributed by atoms with Gasteiger partial charge in [0.25, 0.3) is 5.56 Å². The van der Waals surface area contributed by atoms with Crippen LogP contribution in [0.3, 0.4) is 0 Å². The maximum atomic E-state index is 12.4. The number of benzene rings is 1. The highest BCUT2D eigenvalue weighted by molar-refractivity contribution is 8.14. The molecule has 104 valence electrons. The summed E-state index contributed by atoms with van der Waals surface area (Å²) in [6, 6.07) is 10.4. The first-order valence-electron chi connectivity index (χ1n) is 6.21. The van der Waals surface area contributed by atoms with Crippen LogP contribution in [0, 0.1) is 0 Å². The van der Waals surface area contributed by atoms with E-state index in [1.165, 1.54) is 4.57 Å². The van der Waals surface area contributed by atoms with Crippen LogP contribution in [0.1, 0.15) is 17.3 Å². The number of carbonyl (C=O) groups is 1. The van der Waals surface area contributed by atoms with Crippen molar-refractivity contribution < 1.29 is 9.53 Å². The fraction of sp³-hybridized carbons (Fsp3) is 0.200. The first kappa shape index (κ1) is 14.4. The third kappa shape index (κ3) is 2.77. The largest absolute Gasteiger partial charge is 0.495 e. The van der Waals surface area contributed by atoms with Crippen LogP contribution in [0.25, 0.3) is 5.69 Å². The van der Waals surface area contributed by atoms with Crippen LogP contribution in [0.2, 0.25) is 0 Å². The van der Waals surface area contributed by atoms with E-state index in [9.17, 15) is 9.59 Å². The first-order chi connectivity index (χ1) is 9.69. The maximum Gasteiger partial charge on any atom is 0.267 e. The minimum atomic E-state index is -0.331. The Morgan fingerprint density at radius 3 is 2.70 bits per heavy atom. The van der Waals surface area contributed by atoms with E-state index in [2.05, 4.69) is 0 Å². The second-order valence-corrected chi connectivity index (χ2v) is 5.23. The molecule has 0 aliphatic rings. The molecule has 0 saturated carbocycles. The van der Waals surface area contributed by atoms with Gasteiger partial charge in [-0.25, -0.2) is 0 Å². The normalized spacial score (nSPS) is 10.3. The fourth-order valence-electron chi connectivity index (χ4n) is 1.88. The van der Waals surface area contributed by atoms with Gasteiger partial charge in [0.1, 0.15) is 5.75 Å². The standard InChI is InChI=1S/C15H15NO3S/c1-3-20-15(18)11-7-6-10-16(14(11)17)12-8-4-5-9-13(12)19-2/h4-10H,3H2,1-2H3. The summed E-state index contributed by atoms with van der Waals surface area (Å²) in [6.45, 7) is 1.88. The first-order valence-corrected chi connectivity index (χ1v) is 7.19. The van der Waals surface area contributed by atoms with Gasteiger partial charge in [0.05, 0.1) is 18.4 Å². The summed E-state index contributed by atoms with van der Waals surface area (Å²) >= 11 is 1.13. The lowest BCUT2D eigenvalue weighted by molar-refractivity contribution is 0.108. The Morgan fingerprint density at radius 2 is 2.00 bits per heavy atom. The van der Waals surface area contributed by atoms with Crippen molar-refractivity contribution in [2.45, 2.75) is 6.92 Å². The van der Waals surface area contributed by atoms with Crippen molar-refractivity contribution >= 4 is 16.9 Å². The molecule has 0 spiro atoms. The third-order valence-electron chi connectivity index (χ3n) is 2.79. The Hall–Kier alpha value is -2.01. The highest BCUT2D eigenvalue weighted by Gasteiger charge is 2.14. The van der Waals surface area contributed by atoms with E-state index in [-0.39, 0.29) is 16.2 Å². The lowest BCUT2D eigenvalue weighted by atomic mass is 10.2. The van der Waals surface area contributed by atoms with Crippen molar-refractivity contribution in [3.8, 4) is 11.4 Å². The smallest absolute Gasteiger partial charge is 0.267 e. The minimum Gasteiger partial charge on any atom is -0.495 e. The van der Waals surface area contributed by atoms with Crippen LogP contribution < -0.4 is 10.3 Å². The molecule has 2 rings (SSSR count). The molecule has 2 aromatic rings. The summed E-state index contributed by atoms with van der Waals surface area (Å²) in [4.78, 5) is 24.3. The van der Waals surface area contributed by atoms with Crippen LogP contribution in [0.15, 0.2) is 47.4 Å². The van der Waals surface area contributed by atoms with Crippen LogP contribution >= 0.6 is 11.8 Å². The van der Waals surface area contributed by atoms with Gasteiger partial charge in [-0.1, -0.05) is 30.8 Å². The van der Waals surface area contributed by atoms with Gasteiger partial charge in [-0.2, -0.15) is 0 Å². The van der Waals surface area contributed by atoms with Crippen molar-refractivity contribution in [3.63, 3.8) is 0 Å². The topological polar surface area (TPSA) is 48.3 Å². The number of pyridine rings is 1. The third-order valence-corrected chi connectivity index (χ3v) is 3.56. The molecule has 0 atom stereocenters. The zero-order valence-electron chi connectivity index (χ0n) is 11.3. The average molecular weight is 289 g/mol. The molecule has 0 radical (unpaired) electrons. The van der Waals surface area contributed by atoms with Gasteiger partial charge >= 0.3 is 0 Å². The summed E-state index contributed by atoms with van der Waals surface area (Å²) in [5, 5.41) is -0.207. The van der Waals surface area contributed by atoms with Crippen molar-refractivity contribution in [3.05, 3.63) is 58.5 Å². The van der Waals surface area contributed by atoms with E-state index >= 15 is 0 Å². The number of hydrogen-bond donors (Lipinski definition) is 0. The van der Waals surface area contributed by atoms with Crippen molar-refractivity contribution in [2.75, 3.05) is 12.9 Å². The second kappa shape index (κ2) is 6.43. The van der Waals surface area contributed by atoms with Crippen LogP contribution in [0.5, 0.6) is 5.75 Å². The minimum absolute atomic E-state index is 0.185. The summed E-state index contributed by atoms with van der Waals surface area (Å²) in [5.74, 6) is 1.23. The average Bonchev–Trinajstić information content (AvgIpc) is 2.47.